The third kappa shape index (κ3) is 6.91. The molecule has 0 spiro atoms. The number of fused-ring (bicyclic) bond motifs is 1. The third-order valence-electron chi connectivity index (χ3n) is 6.81. The number of hydrogen-bond donors (Lipinski definition) is 1. The molecule has 0 fully saturated rings. The van der Waals surface area contributed by atoms with Crippen molar-refractivity contribution in [2.24, 2.45) is 0 Å². The number of hydrogen-bond acceptors (Lipinski definition) is 4. The van der Waals surface area contributed by atoms with Crippen molar-refractivity contribution in [1.29, 1.82) is 0 Å². The molecule has 2 heterocycles. The van der Waals surface area contributed by atoms with Gasteiger partial charge in [0, 0.05) is 6.20 Å². The first-order chi connectivity index (χ1) is 17.8. The molecule has 1 atom stereocenters. The number of aryl methyl sites for hydroxylation is 1. The van der Waals surface area contributed by atoms with E-state index in [2.05, 4.69) is 88.0 Å². The summed E-state index contributed by atoms with van der Waals surface area (Å²) < 4.78 is 1.51. The fraction of sp³-hybridized carbons (Fsp3) is 0.290. The van der Waals surface area contributed by atoms with E-state index < -0.39 is 0 Å². The van der Waals surface area contributed by atoms with Crippen molar-refractivity contribution in [2.75, 3.05) is 6.54 Å². The molecular weight excluding hydrogens is 503 g/mol. The van der Waals surface area contributed by atoms with E-state index in [0.717, 1.165) is 38.3 Å². The summed E-state index contributed by atoms with van der Waals surface area (Å²) >= 11 is 0.180. The summed E-state index contributed by atoms with van der Waals surface area (Å²) in [5.74, 6) is 0. The molecule has 1 aliphatic carbocycles. The molecule has 0 bridgehead atoms. The average molecular weight is 538 g/mol. The predicted molar refractivity (Wildman–Crippen MR) is 148 cm³/mol. The zero-order chi connectivity index (χ0) is 24.4. The molecule has 4 aromatic rings. The minimum absolute atomic E-state index is 0.180. The van der Waals surface area contributed by atoms with Crippen LogP contribution in [0.4, 0.5) is 0 Å². The molecule has 5 rings (SSSR count). The zero-order valence-corrected chi connectivity index (χ0v) is 22.6. The second-order valence-electron chi connectivity index (χ2n) is 9.38. The van der Waals surface area contributed by atoms with Crippen LogP contribution in [0.1, 0.15) is 47.0 Å². The Balaban J connectivity index is 1.24. The molecule has 1 unspecified atom stereocenters. The van der Waals surface area contributed by atoms with Gasteiger partial charge in [0.1, 0.15) is 0 Å². The van der Waals surface area contributed by atoms with Crippen molar-refractivity contribution in [1.82, 2.24) is 20.2 Å². The zero-order valence-electron chi connectivity index (χ0n) is 20.8. The molecule has 5 heteroatoms. The van der Waals surface area contributed by atoms with Crippen LogP contribution in [0.2, 0.25) is 5.21 Å². The van der Waals surface area contributed by atoms with Crippen LogP contribution in [0.15, 0.2) is 97.3 Å². The second kappa shape index (κ2) is 13.0. The van der Waals surface area contributed by atoms with Crippen LogP contribution < -0.4 is 9.67 Å². The van der Waals surface area contributed by atoms with Crippen LogP contribution in [0.3, 0.4) is 0 Å². The Bertz CT molecular complexity index is 1200. The molecule has 0 saturated heterocycles. The summed E-state index contributed by atoms with van der Waals surface area (Å²) in [4.78, 5) is 11.9. The molecule has 0 amide bonds. The minimum atomic E-state index is 0.180. The normalized spacial score (nSPS) is 15.4. The quantitative estimate of drug-likeness (QED) is 0.271. The fourth-order valence-corrected chi connectivity index (χ4v) is 7.05. The topological polar surface area (TPSA) is 41.0 Å². The maximum absolute atomic E-state index is 4.85. The van der Waals surface area contributed by atoms with Gasteiger partial charge in [0.2, 0.25) is 0 Å². The summed E-state index contributed by atoms with van der Waals surface area (Å²) in [5.41, 5.74) is 6.49. The van der Waals surface area contributed by atoms with Crippen molar-refractivity contribution in [3.63, 3.8) is 0 Å². The molecule has 1 N–H and O–H groups in total. The number of benzene rings is 2. The van der Waals surface area contributed by atoms with E-state index in [0.29, 0.717) is 6.04 Å². The third-order valence-corrected chi connectivity index (χ3v) is 9.09. The van der Waals surface area contributed by atoms with Crippen molar-refractivity contribution in [3.05, 3.63) is 125 Å². The van der Waals surface area contributed by atoms with Crippen LogP contribution in [-0.2, 0) is 26.1 Å². The van der Waals surface area contributed by atoms with E-state index in [-0.39, 0.29) is 15.8 Å². The summed E-state index contributed by atoms with van der Waals surface area (Å²) in [7, 11) is 0. The van der Waals surface area contributed by atoms with Crippen LogP contribution >= 0.6 is 0 Å². The van der Waals surface area contributed by atoms with Gasteiger partial charge in [-0.1, -0.05) is 6.07 Å². The number of rotatable bonds is 11. The summed E-state index contributed by atoms with van der Waals surface area (Å²) in [6.07, 6.45) is 7.41. The molecule has 183 valence electrons. The first kappa shape index (κ1) is 24.9. The predicted octanol–water partition coefficient (Wildman–Crippen LogP) is 5.09. The molecule has 36 heavy (non-hydrogen) atoms. The van der Waals surface area contributed by atoms with Gasteiger partial charge in [-0.25, -0.2) is 0 Å². The van der Waals surface area contributed by atoms with Crippen molar-refractivity contribution < 1.29 is 0 Å². The SMILES string of the molecule is c1ccc([As]CCN(Cc2ccc(CNCc3ccccn3)cc2)C2CCCc3cccnc32)cc1. The second-order valence-corrected chi connectivity index (χ2v) is 12.1. The standard InChI is InChI=1S/C31H34AsN4/c1-2-10-28(11-3-1)32-18-21-36(30-13-6-8-27-9-7-20-35-31(27)30)24-26-16-14-25(15-17-26)22-33-23-29-12-4-5-19-34-29/h1-5,7,9-12,14-17,19-20,30,33H,6,8,13,18,21-24H2. The maximum atomic E-state index is 4.85. The fourth-order valence-electron chi connectivity index (χ4n) is 4.96. The number of aromatic nitrogens is 2. The van der Waals surface area contributed by atoms with Gasteiger partial charge in [0.25, 0.3) is 0 Å². The Labute approximate surface area is 221 Å². The Hall–Kier alpha value is -2.78. The molecule has 0 aliphatic heterocycles. The van der Waals surface area contributed by atoms with Gasteiger partial charge in [0.05, 0.1) is 0 Å². The average Bonchev–Trinajstić information content (AvgIpc) is 2.94. The Morgan fingerprint density at radius 1 is 0.806 bits per heavy atom. The van der Waals surface area contributed by atoms with Gasteiger partial charge >= 0.3 is 193 Å². The monoisotopic (exact) mass is 537 g/mol. The summed E-state index contributed by atoms with van der Waals surface area (Å²) in [6.45, 7) is 3.72. The van der Waals surface area contributed by atoms with Crippen molar-refractivity contribution in [3.8, 4) is 0 Å². The van der Waals surface area contributed by atoms with Gasteiger partial charge in [-0.15, -0.1) is 0 Å². The van der Waals surface area contributed by atoms with Crippen molar-refractivity contribution in [2.45, 2.75) is 50.1 Å². The van der Waals surface area contributed by atoms with Crippen molar-refractivity contribution >= 4 is 20.1 Å². The van der Waals surface area contributed by atoms with E-state index in [1.807, 2.05) is 24.5 Å². The number of pyridine rings is 2. The number of nitrogens with one attached hydrogen (secondary N) is 1. The molecule has 2 aromatic carbocycles. The van der Waals surface area contributed by atoms with E-state index in [4.69, 9.17) is 4.98 Å². The summed E-state index contributed by atoms with van der Waals surface area (Å²) in [6, 6.07) is 31.0. The molecule has 2 aromatic heterocycles. The van der Waals surface area contributed by atoms with Gasteiger partial charge < -0.3 is 0 Å². The molecule has 1 radical (unpaired) electrons. The first-order valence-electron chi connectivity index (χ1n) is 12.9. The van der Waals surface area contributed by atoms with E-state index in [9.17, 15) is 0 Å². The van der Waals surface area contributed by atoms with Gasteiger partial charge in [-0.3, -0.25) is 4.98 Å². The molecule has 4 nitrogen and oxygen atoms in total. The van der Waals surface area contributed by atoms with Gasteiger partial charge in [-0.2, -0.15) is 0 Å². The Morgan fingerprint density at radius 2 is 1.61 bits per heavy atom. The van der Waals surface area contributed by atoms with Crippen LogP contribution in [-0.4, -0.2) is 37.2 Å². The van der Waals surface area contributed by atoms with Crippen LogP contribution in [0.25, 0.3) is 0 Å². The molecule has 1 aliphatic rings. The van der Waals surface area contributed by atoms with Crippen LogP contribution in [0, 0.1) is 0 Å². The number of nitrogens with zero attached hydrogens (tertiary/aromatic N) is 3. The van der Waals surface area contributed by atoms with Crippen LogP contribution in [0.5, 0.6) is 0 Å². The summed E-state index contributed by atoms with van der Waals surface area (Å²) in [5, 5.41) is 4.75. The van der Waals surface area contributed by atoms with Gasteiger partial charge in [0.15, 0.2) is 0 Å². The van der Waals surface area contributed by atoms with E-state index >= 15 is 0 Å². The Morgan fingerprint density at radius 3 is 2.44 bits per heavy atom. The molecule has 0 saturated carbocycles. The molecular formula is C31H34AsN4. The Kier molecular flexibility index (Phi) is 8.96. The van der Waals surface area contributed by atoms with E-state index in [1.165, 1.54) is 44.8 Å². The van der Waals surface area contributed by atoms with E-state index in [1.54, 1.807) is 0 Å². The first-order valence-corrected chi connectivity index (χ1v) is 15.2. The van der Waals surface area contributed by atoms with Gasteiger partial charge in [-0.05, 0) is 12.1 Å².